The van der Waals surface area contributed by atoms with Gasteiger partial charge in [0, 0.05) is 25.0 Å². The smallest absolute Gasteiger partial charge is 0.340 e. The number of rotatable bonds is 3. The highest BCUT2D eigenvalue weighted by molar-refractivity contribution is 5.79. The summed E-state index contributed by atoms with van der Waals surface area (Å²) in [7, 11) is 0. The Labute approximate surface area is 144 Å². The van der Waals surface area contributed by atoms with Crippen molar-refractivity contribution in [1.82, 2.24) is 4.90 Å². The largest absolute Gasteiger partial charge is 0.416 e. The van der Waals surface area contributed by atoms with E-state index in [0.717, 1.165) is 17.7 Å². The third-order valence-electron chi connectivity index (χ3n) is 4.56. The first-order chi connectivity index (χ1) is 11.8. The molecule has 2 N–H and O–H groups in total. The van der Waals surface area contributed by atoms with Gasteiger partial charge in [0.25, 0.3) is 0 Å². The fourth-order valence-corrected chi connectivity index (χ4v) is 3.23. The van der Waals surface area contributed by atoms with Crippen LogP contribution in [-0.2, 0) is 17.4 Å². The maximum Gasteiger partial charge on any atom is 0.416 e. The average molecular weight is 348 g/mol. The number of hydrogen-bond donors (Lipinski definition) is 1. The lowest BCUT2D eigenvalue weighted by Crippen LogP contribution is -2.33. The standard InChI is InChI=1S/C19H19F3N2O/c20-19(21,22)15-8-4-5-13(9-15)10-18(25)24-11-16(17(23)12-24)14-6-2-1-3-7-14/h1-9,16-17H,10-12,23H2/t16-,17+/m0/s1. The van der Waals surface area contributed by atoms with Crippen molar-refractivity contribution in [3.05, 3.63) is 71.3 Å². The normalized spacial score (nSPS) is 20.7. The van der Waals surface area contributed by atoms with Crippen LogP contribution in [0.2, 0.25) is 0 Å². The van der Waals surface area contributed by atoms with E-state index in [1.807, 2.05) is 30.3 Å². The summed E-state index contributed by atoms with van der Waals surface area (Å²) in [4.78, 5) is 14.1. The molecule has 6 heteroatoms. The molecule has 1 aliphatic rings. The summed E-state index contributed by atoms with van der Waals surface area (Å²) in [5.41, 5.74) is 6.86. The number of hydrogen-bond acceptors (Lipinski definition) is 2. The molecule has 3 rings (SSSR count). The molecule has 2 aromatic carbocycles. The molecule has 2 atom stereocenters. The highest BCUT2D eigenvalue weighted by atomic mass is 19.4. The molecule has 1 heterocycles. The summed E-state index contributed by atoms with van der Waals surface area (Å²) in [5.74, 6) is -0.153. The van der Waals surface area contributed by atoms with E-state index in [0.29, 0.717) is 18.7 Å². The van der Waals surface area contributed by atoms with Gasteiger partial charge in [0.2, 0.25) is 5.91 Å². The Morgan fingerprint density at radius 1 is 1.08 bits per heavy atom. The number of benzene rings is 2. The molecule has 1 aliphatic heterocycles. The van der Waals surface area contributed by atoms with E-state index in [-0.39, 0.29) is 24.3 Å². The van der Waals surface area contributed by atoms with E-state index in [9.17, 15) is 18.0 Å². The lowest BCUT2D eigenvalue weighted by atomic mass is 9.95. The van der Waals surface area contributed by atoms with Crippen molar-refractivity contribution in [1.29, 1.82) is 0 Å². The van der Waals surface area contributed by atoms with Crippen LogP contribution in [0.25, 0.3) is 0 Å². The molecule has 0 unspecified atom stereocenters. The van der Waals surface area contributed by atoms with Gasteiger partial charge in [-0.25, -0.2) is 0 Å². The van der Waals surface area contributed by atoms with E-state index in [2.05, 4.69) is 0 Å². The number of likely N-dealkylation sites (tertiary alicyclic amines) is 1. The lowest BCUT2D eigenvalue weighted by molar-refractivity contribution is -0.137. The third kappa shape index (κ3) is 4.02. The van der Waals surface area contributed by atoms with Crippen molar-refractivity contribution < 1.29 is 18.0 Å². The van der Waals surface area contributed by atoms with Gasteiger partial charge in [-0.05, 0) is 17.2 Å². The Balaban J connectivity index is 1.69. The highest BCUT2D eigenvalue weighted by Crippen LogP contribution is 2.30. The van der Waals surface area contributed by atoms with Crippen LogP contribution >= 0.6 is 0 Å². The number of nitrogens with zero attached hydrogens (tertiary/aromatic N) is 1. The summed E-state index contributed by atoms with van der Waals surface area (Å²) < 4.78 is 38.4. The molecule has 1 saturated heterocycles. The second-order valence-corrected chi connectivity index (χ2v) is 6.35. The minimum absolute atomic E-state index is 0.0478. The fourth-order valence-electron chi connectivity index (χ4n) is 3.23. The summed E-state index contributed by atoms with van der Waals surface area (Å²) >= 11 is 0. The van der Waals surface area contributed by atoms with Gasteiger partial charge < -0.3 is 10.6 Å². The van der Waals surface area contributed by atoms with Crippen LogP contribution in [0.1, 0.15) is 22.6 Å². The molecule has 0 radical (unpaired) electrons. The second-order valence-electron chi connectivity index (χ2n) is 6.35. The zero-order valence-electron chi connectivity index (χ0n) is 13.5. The van der Waals surface area contributed by atoms with E-state index in [1.54, 1.807) is 4.90 Å². The van der Waals surface area contributed by atoms with Crippen LogP contribution in [0.5, 0.6) is 0 Å². The van der Waals surface area contributed by atoms with E-state index >= 15 is 0 Å². The lowest BCUT2D eigenvalue weighted by Gasteiger charge is -2.17. The monoisotopic (exact) mass is 348 g/mol. The van der Waals surface area contributed by atoms with Gasteiger partial charge in [0.15, 0.2) is 0 Å². The molecule has 0 bridgehead atoms. The summed E-state index contributed by atoms with van der Waals surface area (Å²) in [6.07, 6.45) is -4.47. The number of carbonyl (C=O) groups is 1. The molecule has 0 aliphatic carbocycles. The minimum Gasteiger partial charge on any atom is -0.340 e. The summed E-state index contributed by atoms with van der Waals surface area (Å²) in [6.45, 7) is 0.903. The molecule has 1 fully saturated rings. The van der Waals surface area contributed by atoms with Gasteiger partial charge in [-0.3, -0.25) is 4.79 Å². The Morgan fingerprint density at radius 2 is 1.80 bits per heavy atom. The zero-order valence-corrected chi connectivity index (χ0v) is 13.5. The predicted octanol–water partition coefficient (Wildman–Crippen LogP) is 3.20. The second kappa shape index (κ2) is 6.88. The molecule has 132 valence electrons. The molecule has 2 aromatic rings. The molecule has 0 spiro atoms. The first-order valence-corrected chi connectivity index (χ1v) is 8.09. The van der Waals surface area contributed by atoms with Crippen molar-refractivity contribution in [2.45, 2.75) is 24.6 Å². The fraction of sp³-hybridized carbons (Fsp3) is 0.316. The Kier molecular flexibility index (Phi) is 4.81. The van der Waals surface area contributed by atoms with E-state index in [1.165, 1.54) is 12.1 Å². The zero-order chi connectivity index (χ0) is 18.0. The molecular formula is C19H19F3N2O. The molecular weight excluding hydrogens is 329 g/mol. The van der Waals surface area contributed by atoms with Crippen molar-refractivity contribution in [2.24, 2.45) is 5.73 Å². The van der Waals surface area contributed by atoms with Gasteiger partial charge in [-0.15, -0.1) is 0 Å². The van der Waals surface area contributed by atoms with Gasteiger partial charge in [-0.2, -0.15) is 13.2 Å². The number of alkyl halides is 3. The van der Waals surface area contributed by atoms with Crippen molar-refractivity contribution in [3.8, 4) is 0 Å². The topological polar surface area (TPSA) is 46.3 Å². The first kappa shape index (κ1) is 17.5. The predicted molar refractivity (Wildman–Crippen MR) is 88.9 cm³/mol. The quantitative estimate of drug-likeness (QED) is 0.926. The maximum atomic E-state index is 12.8. The van der Waals surface area contributed by atoms with Crippen LogP contribution in [-0.4, -0.2) is 29.9 Å². The van der Waals surface area contributed by atoms with Crippen LogP contribution in [0, 0.1) is 0 Å². The third-order valence-corrected chi connectivity index (χ3v) is 4.56. The van der Waals surface area contributed by atoms with E-state index < -0.39 is 11.7 Å². The number of carbonyl (C=O) groups excluding carboxylic acids is 1. The number of halogens is 3. The molecule has 0 aromatic heterocycles. The van der Waals surface area contributed by atoms with Crippen LogP contribution in [0.3, 0.4) is 0 Å². The Morgan fingerprint density at radius 3 is 2.48 bits per heavy atom. The Bertz CT molecular complexity index is 746. The molecule has 25 heavy (non-hydrogen) atoms. The number of nitrogens with two attached hydrogens (primary N) is 1. The highest BCUT2D eigenvalue weighted by Gasteiger charge is 2.34. The van der Waals surface area contributed by atoms with Crippen LogP contribution in [0.15, 0.2) is 54.6 Å². The van der Waals surface area contributed by atoms with Gasteiger partial charge in [0.05, 0.1) is 12.0 Å². The summed E-state index contributed by atoms with van der Waals surface area (Å²) in [5, 5.41) is 0. The maximum absolute atomic E-state index is 12.8. The van der Waals surface area contributed by atoms with Gasteiger partial charge in [0.1, 0.15) is 0 Å². The first-order valence-electron chi connectivity index (χ1n) is 8.09. The molecule has 3 nitrogen and oxygen atoms in total. The van der Waals surface area contributed by atoms with Crippen LogP contribution in [0.4, 0.5) is 13.2 Å². The van der Waals surface area contributed by atoms with Crippen molar-refractivity contribution >= 4 is 5.91 Å². The van der Waals surface area contributed by atoms with Crippen LogP contribution < -0.4 is 5.73 Å². The van der Waals surface area contributed by atoms with Gasteiger partial charge >= 0.3 is 6.18 Å². The number of amides is 1. The molecule has 1 amide bonds. The van der Waals surface area contributed by atoms with Crippen molar-refractivity contribution in [2.75, 3.05) is 13.1 Å². The average Bonchev–Trinajstić information content (AvgIpc) is 2.97. The molecule has 0 saturated carbocycles. The SMILES string of the molecule is N[C@@H]1CN(C(=O)Cc2cccc(C(F)(F)F)c2)C[C@H]1c1ccccc1. The summed E-state index contributed by atoms with van der Waals surface area (Å²) in [6, 6.07) is 14.5. The Hall–Kier alpha value is -2.34. The van der Waals surface area contributed by atoms with E-state index in [4.69, 9.17) is 5.73 Å². The minimum atomic E-state index is -4.41. The van der Waals surface area contributed by atoms with Gasteiger partial charge in [-0.1, -0.05) is 48.5 Å². The van der Waals surface area contributed by atoms with Crippen molar-refractivity contribution in [3.63, 3.8) is 0 Å².